The van der Waals surface area contributed by atoms with Crippen molar-refractivity contribution in [3.05, 3.63) is 65.4 Å². The van der Waals surface area contributed by atoms with Crippen LogP contribution in [-0.2, 0) is 4.79 Å². The molecule has 160 valence electrons. The lowest BCUT2D eigenvalue weighted by molar-refractivity contribution is -0.127. The van der Waals surface area contributed by atoms with Gasteiger partial charge < -0.3 is 4.74 Å². The summed E-state index contributed by atoms with van der Waals surface area (Å²) in [6.45, 7) is 0.403. The first-order valence-corrected chi connectivity index (χ1v) is 11.1. The van der Waals surface area contributed by atoms with Crippen molar-refractivity contribution in [1.82, 2.24) is 19.7 Å². The molecular weight excluding hydrogens is 436 g/mol. The number of thioether (sulfide) groups is 1. The minimum atomic E-state index is -0.424. The van der Waals surface area contributed by atoms with E-state index in [9.17, 15) is 9.59 Å². The van der Waals surface area contributed by atoms with Crippen LogP contribution >= 0.6 is 23.4 Å². The number of aromatic nitrogens is 3. The van der Waals surface area contributed by atoms with E-state index in [0.717, 1.165) is 18.5 Å². The minimum absolute atomic E-state index is 0.206. The molecule has 0 radical (unpaired) electrons. The van der Waals surface area contributed by atoms with Crippen LogP contribution in [0.3, 0.4) is 0 Å². The van der Waals surface area contributed by atoms with E-state index in [1.54, 1.807) is 37.7 Å². The zero-order chi connectivity index (χ0) is 21.8. The van der Waals surface area contributed by atoms with Crippen LogP contribution in [-0.4, -0.2) is 50.4 Å². The Morgan fingerprint density at radius 1 is 1.19 bits per heavy atom. The molecule has 1 aliphatic rings. The summed E-state index contributed by atoms with van der Waals surface area (Å²) in [5.74, 6) is 0.207. The molecule has 0 unspecified atom stereocenters. The van der Waals surface area contributed by atoms with Crippen LogP contribution in [0.25, 0.3) is 5.69 Å². The van der Waals surface area contributed by atoms with Gasteiger partial charge in [0.15, 0.2) is 5.16 Å². The Balaban J connectivity index is 1.56. The standard InChI is InChI=1S/C22H21ClN4O3S/c1-30-18-6-4-5-17(13-18)27-14-24-25-22(27)31-19-7-2-3-12-26(21(19)29)20(28)15-8-10-16(23)11-9-15/h4-6,8-11,13-14,19H,2-3,7,12H2,1H3/t19-/m1/s1. The molecule has 9 heteroatoms. The van der Waals surface area contributed by atoms with Gasteiger partial charge in [0.05, 0.1) is 18.0 Å². The minimum Gasteiger partial charge on any atom is -0.497 e. The van der Waals surface area contributed by atoms with Gasteiger partial charge in [0.1, 0.15) is 12.1 Å². The summed E-state index contributed by atoms with van der Waals surface area (Å²) in [6.07, 6.45) is 3.89. The number of amides is 2. The molecule has 7 nitrogen and oxygen atoms in total. The quantitative estimate of drug-likeness (QED) is 0.534. The molecule has 4 rings (SSSR count). The smallest absolute Gasteiger partial charge is 0.260 e. The summed E-state index contributed by atoms with van der Waals surface area (Å²) in [7, 11) is 1.61. The van der Waals surface area contributed by atoms with Crippen LogP contribution in [0, 0.1) is 0 Å². The van der Waals surface area contributed by atoms with Crippen molar-refractivity contribution in [1.29, 1.82) is 0 Å². The topological polar surface area (TPSA) is 77.3 Å². The molecule has 3 aromatic rings. The van der Waals surface area contributed by atoms with E-state index in [1.807, 2.05) is 28.8 Å². The molecule has 1 atom stereocenters. The van der Waals surface area contributed by atoms with E-state index in [4.69, 9.17) is 16.3 Å². The van der Waals surface area contributed by atoms with E-state index < -0.39 is 5.25 Å². The molecule has 0 N–H and O–H groups in total. The molecule has 1 fully saturated rings. The van der Waals surface area contributed by atoms with E-state index in [2.05, 4.69) is 10.2 Å². The van der Waals surface area contributed by atoms with Gasteiger partial charge >= 0.3 is 0 Å². The van der Waals surface area contributed by atoms with Crippen LogP contribution in [0.5, 0.6) is 5.75 Å². The zero-order valence-electron chi connectivity index (χ0n) is 16.9. The normalized spacial score (nSPS) is 16.8. The molecular formula is C22H21ClN4O3S. The molecule has 1 aliphatic heterocycles. The van der Waals surface area contributed by atoms with Crippen molar-refractivity contribution in [2.75, 3.05) is 13.7 Å². The fraction of sp³-hybridized carbons (Fsp3) is 0.273. The average Bonchev–Trinajstić information content (AvgIpc) is 3.18. The number of carbonyl (C=O) groups excluding carboxylic acids is 2. The molecule has 2 heterocycles. The van der Waals surface area contributed by atoms with Crippen molar-refractivity contribution < 1.29 is 14.3 Å². The highest BCUT2D eigenvalue weighted by atomic mass is 35.5. The number of methoxy groups -OCH3 is 1. The van der Waals surface area contributed by atoms with E-state index in [1.165, 1.54) is 16.7 Å². The maximum absolute atomic E-state index is 13.3. The van der Waals surface area contributed by atoms with E-state index >= 15 is 0 Å². The second kappa shape index (κ2) is 9.53. The van der Waals surface area contributed by atoms with Crippen LogP contribution < -0.4 is 4.74 Å². The Morgan fingerprint density at radius 3 is 2.77 bits per heavy atom. The molecule has 0 bridgehead atoms. The summed E-state index contributed by atoms with van der Waals surface area (Å²) >= 11 is 7.26. The van der Waals surface area contributed by atoms with Gasteiger partial charge in [0.2, 0.25) is 5.91 Å². The third kappa shape index (κ3) is 4.75. The fourth-order valence-corrected chi connectivity index (χ4v) is 4.69. The first-order valence-electron chi connectivity index (χ1n) is 9.89. The van der Waals surface area contributed by atoms with Crippen molar-refractivity contribution >= 4 is 35.2 Å². The third-order valence-electron chi connectivity index (χ3n) is 5.07. The molecule has 1 aromatic heterocycles. The zero-order valence-corrected chi connectivity index (χ0v) is 18.5. The lowest BCUT2D eigenvalue weighted by Gasteiger charge is -2.22. The fourth-order valence-electron chi connectivity index (χ4n) is 3.44. The number of ether oxygens (including phenoxy) is 1. The Bertz CT molecular complexity index is 1090. The lowest BCUT2D eigenvalue weighted by Crippen LogP contribution is -2.41. The first kappa shape index (κ1) is 21.4. The maximum atomic E-state index is 13.3. The third-order valence-corrected chi connectivity index (χ3v) is 6.53. The Labute approximate surface area is 189 Å². The van der Waals surface area contributed by atoms with Gasteiger partial charge in [0.25, 0.3) is 5.91 Å². The monoisotopic (exact) mass is 456 g/mol. The van der Waals surface area contributed by atoms with Crippen LogP contribution in [0.4, 0.5) is 0 Å². The molecule has 0 saturated carbocycles. The van der Waals surface area contributed by atoms with Gasteiger partial charge in [-0.15, -0.1) is 10.2 Å². The summed E-state index contributed by atoms with van der Waals surface area (Å²) < 4.78 is 7.11. The lowest BCUT2D eigenvalue weighted by atomic mass is 10.2. The van der Waals surface area contributed by atoms with E-state index in [-0.39, 0.29) is 11.8 Å². The molecule has 0 spiro atoms. The van der Waals surface area contributed by atoms with Gasteiger partial charge in [-0.2, -0.15) is 0 Å². The van der Waals surface area contributed by atoms with E-state index in [0.29, 0.717) is 34.5 Å². The van der Waals surface area contributed by atoms with Gasteiger partial charge in [-0.25, -0.2) is 0 Å². The molecule has 2 amide bonds. The highest BCUT2D eigenvalue weighted by Crippen LogP contribution is 2.31. The average molecular weight is 457 g/mol. The largest absolute Gasteiger partial charge is 0.497 e. The predicted octanol–water partition coefficient (Wildman–Crippen LogP) is 4.24. The molecule has 31 heavy (non-hydrogen) atoms. The number of benzene rings is 2. The van der Waals surface area contributed by atoms with Gasteiger partial charge in [-0.1, -0.05) is 35.9 Å². The highest BCUT2D eigenvalue weighted by molar-refractivity contribution is 8.00. The van der Waals surface area contributed by atoms with Crippen molar-refractivity contribution in [3.8, 4) is 11.4 Å². The number of hydrogen-bond donors (Lipinski definition) is 0. The number of imide groups is 1. The van der Waals surface area contributed by atoms with Crippen molar-refractivity contribution in [2.45, 2.75) is 29.7 Å². The van der Waals surface area contributed by atoms with Crippen molar-refractivity contribution in [3.63, 3.8) is 0 Å². The first-order chi connectivity index (χ1) is 15.1. The summed E-state index contributed by atoms with van der Waals surface area (Å²) in [6, 6.07) is 14.1. The maximum Gasteiger partial charge on any atom is 0.260 e. The van der Waals surface area contributed by atoms with Gasteiger partial charge in [-0.3, -0.25) is 19.1 Å². The van der Waals surface area contributed by atoms with Crippen LogP contribution in [0.2, 0.25) is 5.02 Å². The number of likely N-dealkylation sites (tertiary alicyclic amines) is 1. The second-order valence-electron chi connectivity index (χ2n) is 7.09. The number of carbonyl (C=O) groups is 2. The highest BCUT2D eigenvalue weighted by Gasteiger charge is 2.33. The Morgan fingerprint density at radius 2 is 2.00 bits per heavy atom. The summed E-state index contributed by atoms with van der Waals surface area (Å²) in [5, 5.41) is 8.95. The number of hydrogen-bond acceptors (Lipinski definition) is 6. The van der Waals surface area contributed by atoms with Gasteiger partial charge in [0, 0.05) is 23.2 Å². The second-order valence-corrected chi connectivity index (χ2v) is 8.70. The molecule has 0 aliphatic carbocycles. The number of rotatable bonds is 5. The Kier molecular flexibility index (Phi) is 6.58. The van der Waals surface area contributed by atoms with Crippen LogP contribution in [0.1, 0.15) is 29.6 Å². The molecule has 1 saturated heterocycles. The molecule has 2 aromatic carbocycles. The summed E-state index contributed by atoms with van der Waals surface area (Å²) in [4.78, 5) is 27.6. The van der Waals surface area contributed by atoms with Crippen molar-refractivity contribution in [2.24, 2.45) is 0 Å². The SMILES string of the molecule is COc1cccc(-n2cnnc2S[C@@H]2CCCCN(C(=O)c3ccc(Cl)cc3)C2=O)c1. The Hall–Kier alpha value is -2.84. The number of nitrogens with zero attached hydrogens (tertiary/aromatic N) is 4. The van der Waals surface area contributed by atoms with Gasteiger partial charge in [-0.05, 0) is 49.2 Å². The summed E-state index contributed by atoms with van der Waals surface area (Å²) in [5.41, 5.74) is 1.28. The van der Waals surface area contributed by atoms with Crippen LogP contribution in [0.15, 0.2) is 60.0 Å². The number of halogens is 1. The predicted molar refractivity (Wildman–Crippen MR) is 119 cm³/mol.